The Morgan fingerprint density at radius 1 is 0.930 bits per heavy atom. The van der Waals surface area contributed by atoms with Gasteiger partial charge in [-0.25, -0.2) is 15.3 Å². The first-order valence-electron chi connectivity index (χ1n) is 15.7. The maximum absolute atomic E-state index is 13.8. The molecular weight excluding hydrogens is 542 g/mol. The van der Waals surface area contributed by atoms with Crippen molar-refractivity contribution < 1.29 is 14.4 Å². The average Bonchev–Trinajstić information content (AvgIpc) is 3.61. The zero-order valence-corrected chi connectivity index (χ0v) is 26.5. The average molecular weight is 592 g/mol. The molecule has 0 bridgehead atoms. The van der Waals surface area contributed by atoms with Crippen molar-refractivity contribution in [1.82, 2.24) is 24.8 Å². The Morgan fingerprint density at radius 3 is 2.21 bits per heavy atom. The van der Waals surface area contributed by atoms with Crippen molar-refractivity contribution in [3.8, 4) is 0 Å². The van der Waals surface area contributed by atoms with Crippen molar-refractivity contribution in [3.63, 3.8) is 0 Å². The van der Waals surface area contributed by atoms with Crippen LogP contribution in [0.3, 0.4) is 0 Å². The molecule has 2 aromatic carbocycles. The number of imidazole rings is 1. The van der Waals surface area contributed by atoms with E-state index in [-0.39, 0.29) is 5.91 Å². The molecule has 1 saturated heterocycles. The largest absolute Gasteiger partial charge is 0.343 e. The first-order valence-corrected chi connectivity index (χ1v) is 15.7. The number of nitrogens with one attached hydrogen (secondary N) is 3. The number of aryl methyl sites for hydroxylation is 1. The summed E-state index contributed by atoms with van der Waals surface area (Å²) < 4.78 is 2.20. The Balaban J connectivity index is 1.59. The predicted octanol–water partition coefficient (Wildman–Crippen LogP) is 6.48. The van der Waals surface area contributed by atoms with Gasteiger partial charge >= 0.3 is 6.03 Å². The van der Waals surface area contributed by atoms with Gasteiger partial charge in [0, 0.05) is 36.6 Å². The summed E-state index contributed by atoms with van der Waals surface area (Å²) in [5.41, 5.74) is 6.24. The number of likely N-dealkylation sites (tertiary alicyclic amines) is 1. The van der Waals surface area contributed by atoms with Crippen molar-refractivity contribution >= 4 is 40.3 Å². The molecule has 10 nitrogen and oxygen atoms in total. The van der Waals surface area contributed by atoms with Crippen molar-refractivity contribution in [2.45, 2.75) is 66.3 Å². The Morgan fingerprint density at radius 2 is 1.58 bits per heavy atom. The third-order valence-corrected chi connectivity index (χ3v) is 7.88. The lowest BCUT2D eigenvalue weighted by atomic mass is 10.1. The summed E-state index contributed by atoms with van der Waals surface area (Å²) >= 11 is 0. The first kappa shape index (κ1) is 32.3. The topological polar surface area (TPSA) is 104 Å². The highest BCUT2D eigenvalue weighted by Crippen LogP contribution is 2.26. The van der Waals surface area contributed by atoms with E-state index in [1.807, 2.05) is 47.4 Å². The van der Waals surface area contributed by atoms with Gasteiger partial charge in [-0.05, 0) is 106 Å². The summed E-state index contributed by atoms with van der Waals surface area (Å²) in [6.07, 6.45) is 5.51. The lowest BCUT2D eigenvalue weighted by Crippen LogP contribution is -2.34. The van der Waals surface area contributed by atoms with Gasteiger partial charge in [-0.15, -0.1) is 0 Å². The molecule has 0 aliphatic carbocycles. The van der Waals surface area contributed by atoms with E-state index < -0.39 is 6.03 Å². The molecule has 2 heterocycles. The monoisotopic (exact) mass is 591 g/mol. The van der Waals surface area contributed by atoms with Crippen LogP contribution in [0.25, 0.3) is 11.0 Å². The van der Waals surface area contributed by atoms with Crippen LogP contribution in [0.4, 0.5) is 22.1 Å². The number of hydroxylamine groups is 1. The standard InChI is InChI=1S/C33H49N7O3/c1-24(2)15-21-39(22-16-25(3)4)31(41)26-9-14-29-30(23-26)40(20-8-19-38-17-6-7-18-38)32(36-29)34-27-10-12-28(13-11-27)35-33(42)37-43-5/h9-14,23-25H,6-8,15-22H2,1-5H3,(H,34,36)(H2,35,37,42). The highest BCUT2D eigenvalue weighted by molar-refractivity contribution is 5.98. The van der Waals surface area contributed by atoms with Crippen LogP contribution >= 0.6 is 0 Å². The molecule has 4 rings (SSSR count). The minimum absolute atomic E-state index is 0.0862. The Bertz CT molecular complexity index is 1320. The van der Waals surface area contributed by atoms with Gasteiger partial charge in [0.2, 0.25) is 5.95 Å². The Hall–Kier alpha value is -3.63. The second-order valence-electron chi connectivity index (χ2n) is 12.3. The second-order valence-corrected chi connectivity index (χ2v) is 12.3. The lowest BCUT2D eigenvalue weighted by Gasteiger charge is -2.25. The molecule has 43 heavy (non-hydrogen) atoms. The number of hydrogen-bond acceptors (Lipinski definition) is 6. The number of hydrogen-bond donors (Lipinski definition) is 3. The van der Waals surface area contributed by atoms with Gasteiger partial charge in [0.15, 0.2) is 0 Å². The van der Waals surface area contributed by atoms with E-state index in [9.17, 15) is 9.59 Å². The van der Waals surface area contributed by atoms with Crippen LogP contribution in [0.1, 0.15) is 70.2 Å². The van der Waals surface area contributed by atoms with Gasteiger partial charge in [0.25, 0.3) is 5.91 Å². The van der Waals surface area contributed by atoms with Crippen LogP contribution in [0.15, 0.2) is 42.5 Å². The molecule has 10 heteroatoms. The molecule has 3 N–H and O–H groups in total. The van der Waals surface area contributed by atoms with Gasteiger partial charge in [-0.1, -0.05) is 27.7 Å². The SMILES string of the molecule is CONC(=O)Nc1ccc(Nc2nc3ccc(C(=O)N(CCC(C)C)CCC(C)C)cc3n2CCCN2CCCC2)cc1. The number of nitrogens with zero attached hydrogens (tertiary/aromatic N) is 4. The number of aromatic nitrogens is 2. The van der Waals surface area contributed by atoms with Crippen molar-refractivity contribution in [3.05, 3.63) is 48.0 Å². The fraction of sp³-hybridized carbons (Fsp3) is 0.545. The number of amides is 3. The second kappa shape index (κ2) is 15.7. The molecule has 0 unspecified atom stereocenters. The number of benzene rings is 2. The normalized spacial score (nSPS) is 13.7. The Kier molecular flexibility index (Phi) is 11.8. The third-order valence-electron chi connectivity index (χ3n) is 7.88. The van der Waals surface area contributed by atoms with E-state index in [0.717, 1.165) is 68.1 Å². The number of urea groups is 1. The minimum Gasteiger partial charge on any atom is -0.339 e. The molecule has 0 spiro atoms. The molecule has 1 aliphatic rings. The first-order chi connectivity index (χ1) is 20.7. The van der Waals surface area contributed by atoms with Crippen LogP contribution in [0, 0.1) is 11.8 Å². The molecule has 1 aliphatic heterocycles. The zero-order chi connectivity index (χ0) is 30.8. The number of anilines is 3. The van der Waals surface area contributed by atoms with Gasteiger partial charge in [-0.2, -0.15) is 0 Å². The summed E-state index contributed by atoms with van der Waals surface area (Å²) in [4.78, 5) is 39.7. The van der Waals surface area contributed by atoms with E-state index in [1.165, 1.54) is 33.0 Å². The van der Waals surface area contributed by atoms with E-state index in [0.29, 0.717) is 23.1 Å². The summed E-state index contributed by atoms with van der Waals surface area (Å²) in [6.45, 7) is 14.5. The van der Waals surface area contributed by atoms with E-state index >= 15 is 0 Å². The molecular formula is C33H49N7O3. The van der Waals surface area contributed by atoms with Crippen LogP contribution in [-0.2, 0) is 11.4 Å². The number of fused-ring (bicyclic) bond motifs is 1. The number of rotatable bonds is 15. The van der Waals surface area contributed by atoms with Crippen molar-refractivity contribution in [2.75, 3.05) is 50.5 Å². The highest BCUT2D eigenvalue weighted by Gasteiger charge is 2.20. The number of carbonyl (C=O) groups excluding carboxylic acids is 2. The lowest BCUT2D eigenvalue weighted by molar-refractivity contribution is 0.0741. The summed E-state index contributed by atoms with van der Waals surface area (Å²) in [5.74, 6) is 1.89. The number of carbonyl (C=O) groups is 2. The molecule has 1 fully saturated rings. The molecule has 3 aromatic rings. The Labute approximate surface area is 256 Å². The summed E-state index contributed by atoms with van der Waals surface area (Å²) in [7, 11) is 1.39. The van der Waals surface area contributed by atoms with Gasteiger partial charge in [0.05, 0.1) is 18.1 Å². The van der Waals surface area contributed by atoms with Crippen molar-refractivity contribution in [2.24, 2.45) is 11.8 Å². The van der Waals surface area contributed by atoms with E-state index in [1.54, 1.807) is 0 Å². The fourth-order valence-electron chi connectivity index (χ4n) is 5.38. The van der Waals surface area contributed by atoms with Crippen LogP contribution < -0.4 is 16.1 Å². The van der Waals surface area contributed by atoms with Crippen LogP contribution in [0.5, 0.6) is 0 Å². The van der Waals surface area contributed by atoms with Gasteiger partial charge in [-0.3, -0.25) is 9.63 Å². The molecule has 234 valence electrons. The molecule has 0 atom stereocenters. The van der Waals surface area contributed by atoms with Crippen LogP contribution in [-0.4, -0.2) is 71.1 Å². The highest BCUT2D eigenvalue weighted by atomic mass is 16.6. The smallest absolute Gasteiger partial charge is 0.339 e. The van der Waals surface area contributed by atoms with E-state index in [2.05, 4.69) is 58.1 Å². The maximum Gasteiger partial charge on any atom is 0.343 e. The van der Waals surface area contributed by atoms with Gasteiger partial charge in [0.1, 0.15) is 0 Å². The van der Waals surface area contributed by atoms with Crippen LogP contribution in [0.2, 0.25) is 0 Å². The molecule has 0 radical (unpaired) electrons. The van der Waals surface area contributed by atoms with Gasteiger partial charge < -0.3 is 25.0 Å². The molecule has 3 amide bonds. The fourth-order valence-corrected chi connectivity index (χ4v) is 5.38. The minimum atomic E-state index is -0.444. The van der Waals surface area contributed by atoms with E-state index in [4.69, 9.17) is 4.98 Å². The van der Waals surface area contributed by atoms with Crippen molar-refractivity contribution in [1.29, 1.82) is 0 Å². The molecule has 1 aromatic heterocycles. The third kappa shape index (κ3) is 9.43. The maximum atomic E-state index is 13.8. The molecule has 0 saturated carbocycles. The summed E-state index contributed by atoms with van der Waals surface area (Å²) in [6, 6.07) is 12.9. The predicted molar refractivity (Wildman–Crippen MR) is 174 cm³/mol. The zero-order valence-electron chi connectivity index (χ0n) is 26.5. The summed E-state index contributed by atoms with van der Waals surface area (Å²) in [5, 5.41) is 6.19. The quantitative estimate of drug-likeness (QED) is 0.175.